The topological polar surface area (TPSA) is 99.4 Å². The first-order valence-electron chi connectivity index (χ1n) is 13.7. The van der Waals surface area contributed by atoms with E-state index < -0.39 is 29.5 Å². The van der Waals surface area contributed by atoms with Crippen LogP contribution in [0, 0.1) is 0 Å². The number of rotatable bonds is 12. The Hall–Kier alpha value is -0.240. The summed E-state index contributed by atoms with van der Waals surface area (Å²) in [5.41, 5.74) is -0.981. The molecule has 6 nitrogen and oxygen atoms in total. The van der Waals surface area contributed by atoms with Gasteiger partial charge < -0.3 is 29.9 Å². The van der Waals surface area contributed by atoms with Gasteiger partial charge in [-0.3, -0.25) is 0 Å². The maximum Gasteiger partial charge on any atom is 0.101 e. The van der Waals surface area contributed by atoms with E-state index in [0.717, 1.165) is 64.2 Å². The van der Waals surface area contributed by atoms with Crippen LogP contribution in [0.4, 0.5) is 0 Å². The molecule has 0 aliphatic carbocycles. The van der Waals surface area contributed by atoms with Crippen LogP contribution in [0.1, 0.15) is 124 Å². The van der Waals surface area contributed by atoms with Crippen molar-refractivity contribution in [1.82, 2.24) is 0 Å². The molecule has 0 bridgehead atoms. The first-order chi connectivity index (χ1) is 15.8. The predicted molar refractivity (Wildman–Crippen MR) is 133 cm³/mol. The Morgan fingerprint density at radius 3 is 2.12 bits per heavy atom. The van der Waals surface area contributed by atoms with E-state index in [-0.39, 0.29) is 19.8 Å². The molecule has 1 rings (SSSR count). The maximum atomic E-state index is 10.7. The van der Waals surface area contributed by atoms with Gasteiger partial charge >= 0.3 is 0 Å². The summed E-state index contributed by atoms with van der Waals surface area (Å²) in [4.78, 5) is 0. The van der Waals surface area contributed by atoms with Crippen LogP contribution in [0.15, 0.2) is 0 Å². The molecule has 5 unspecified atom stereocenters. The van der Waals surface area contributed by atoms with Crippen molar-refractivity contribution in [2.45, 2.75) is 153 Å². The average molecular weight is 475 g/mol. The fraction of sp³-hybridized carbons (Fsp3) is 1.00. The van der Waals surface area contributed by atoms with Crippen molar-refractivity contribution >= 4 is 0 Å². The quantitative estimate of drug-likeness (QED) is 0.301. The Bertz CT molecular complexity index is 472. The number of hydrogen-bond acceptors (Lipinski definition) is 6. The first kappa shape index (κ1) is 30.8. The summed E-state index contributed by atoms with van der Waals surface area (Å²) in [6.45, 7) is 6.27. The average Bonchev–Trinajstić information content (AvgIpc) is 2.80. The van der Waals surface area contributed by atoms with Crippen molar-refractivity contribution in [3.8, 4) is 0 Å². The van der Waals surface area contributed by atoms with E-state index in [0.29, 0.717) is 19.3 Å². The van der Waals surface area contributed by atoms with E-state index in [1.165, 1.54) is 19.3 Å². The molecule has 4 N–H and O–H groups in total. The third kappa shape index (κ3) is 13.4. The molecule has 0 aromatic rings. The Balaban J connectivity index is 2.87. The standard InChI is InChI=1S/C27H54O6/c1-4-6-7-9-13-16-27(19-24(30)20-28)17-14-11-8-10-12-15-26(3,18-23(29)5-2)32-21-25(31)22-33-27/h23-25,28-31H,4-22H2,1-3H3. The molecule has 1 aliphatic heterocycles. The molecule has 0 aromatic heterocycles. The zero-order valence-corrected chi connectivity index (χ0v) is 21.8. The Labute approximate surface area is 203 Å². The molecule has 1 fully saturated rings. The van der Waals surface area contributed by atoms with Gasteiger partial charge in [-0.15, -0.1) is 0 Å². The van der Waals surface area contributed by atoms with Crippen LogP contribution in [0.2, 0.25) is 0 Å². The van der Waals surface area contributed by atoms with Crippen LogP contribution in [-0.2, 0) is 9.47 Å². The monoisotopic (exact) mass is 474 g/mol. The van der Waals surface area contributed by atoms with Crippen LogP contribution in [0.3, 0.4) is 0 Å². The van der Waals surface area contributed by atoms with Gasteiger partial charge in [0.15, 0.2) is 0 Å². The fourth-order valence-corrected chi connectivity index (χ4v) is 5.05. The van der Waals surface area contributed by atoms with E-state index in [4.69, 9.17) is 9.47 Å². The van der Waals surface area contributed by atoms with E-state index in [2.05, 4.69) is 6.92 Å². The summed E-state index contributed by atoms with van der Waals surface area (Å²) in [5.74, 6) is 0. The summed E-state index contributed by atoms with van der Waals surface area (Å²) in [7, 11) is 0. The van der Waals surface area contributed by atoms with Crippen molar-refractivity contribution < 1.29 is 29.9 Å². The SMILES string of the molecule is CCCCCCCC1(CC(O)CO)CCCCCCCC(C)(CC(O)CC)OCC(O)CO1. The van der Waals surface area contributed by atoms with E-state index in [1.807, 2.05) is 13.8 Å². The minimum Gasteiger partial charge on any atom is -0.394 e. The summed E-state index contributed by atoms with van der Waals surface area (Å²) in [6, 6.07) is 0. The highest BCUT2D eigenvalue weighted by atomic mass is 16.5. The molecule has 0 saturated carbocycles. The number of aliphatic hydroxyl groups is 4. The lowest BCUT2D eigenvalue weighted by molar-refractivity contribution is -0.144. The molecular formula is C27H54O6. The second-order valence-electron chi connectivity index (χ2n) is 10.6. The largest absolute Gasteiger partial charge is 0.394 e. The van der Waals surface area contributed by atoms with Crippen LogP contribution in [0.5, 0.6) is 0 Å². The van der Waals surface area contributed by atoms with Gasteiger partial charge in [0.2, 0.25) is 0 Å². The molecule has 0 radical (unpaired) electrons. The second-order valence-corrected chi connectivity index (χ2v) is 10.6. The van der Waals surface area contributed by atoms with Gasteiger partial charge in [-0.2, -0.15) is 0 Å². The van der Waals surface area contributed by atoms with Gasteiger partial charge in [-0.1, -0.05) is 78.1 Å². The normalized spacial score (nSPS) is 30.5. The molecule has 1 heterocycles. The van der Waals surface area contributed by atoms with Gasteiger partial charge in [0.1, 0.15) is 6.10 Å². The lowest BCUT2D eigenvalue weighted by Crippen LogP contribution is -2.42. The number of unbranched alkanes of at least 4 members (excludes halogenated alkanes) is 4. The Kier molecular flexibility index (Phi) is 16.1. The second kappa shape index (κ2) is 17.2. The zero-order valence-electron chi connectivity index (χ0n) is 21.8. The lowest BCUT2D eigenvalue weighted by Gasteiger charge is -2.38. The molecule has 1 saturated heterocycles. The van der Waals surface area contributed by atoms with Crippen LogP contribution < -0.4 is 0 Å². The molecule has 0 amide bonds. The molecule has 0 spiro atoms. The van der Waals surface area contributed by atoms with Crippen molar-refractivity contribution in [2.75, 3.05) is 19.8 Å². The molecule has 0 aromatic carbocycles. The lowest BCUT2D eigenvalue weighted by atomic mass is 9.84. The highest BCUT2D eigenvalue weighted by Crippen LogP contribution is 2.33. The minimum atomic E-state index is -0.813. The van der Waals surface area contributed by atoms with Gasteiger partial charge in [0.05, 0.1) is 43.2 Å². The summed E-state index contributed by atoms with van der Waals surface area (Å²) >= 11 is 0. The van der Waals surface area contributed by atoms with Crippen molar-refractivity contribution in [2.24, 2.45) is 0 Å². The van der Waals surface area contributed by atoms with Crippen LogP contribution >= 0.6 is 0 Å². The predicted octanol–water partition coefficient (Wildman–Crippen LogP) is 4.89. The van der Waals surface area contributed by atoms with Gasteiger partial charge in [0.25, 0.3) is 0 Å². The minimum absolute atomic E-state index is 0.152. The Morgan fingerprint density at radius 1 is 0.818 bits per heavy atom. The Morgan fingerprint density at radius 2 is 1.45 bits per heavy atom. The van der Waals surface area contributed by atoms with Crippen molar-refractivity contribution in [1.29, 1.82) is 0 Å². The van der Waals surface area contributed by atoms with Crippen LogP contribution in [0.25, 0.3) is 0 Å². The summed E-state index contributed by atoms with van der Waals surface area (Å²) in [5, 5.41) is 40.7. The molecule has 198 valence electrons. The third-order valence-corrected chi connectivity index (χ3v) is 7.24. The van der Waals surface area contributed by atoms with Crippen LogP contribution in [-0.4, -0.2) is 69.8 Å². The molecule has 6 heteroatoms. The highest BCUT2D eigenvalue weighted by Gasteiger charge is 2.34. The van der Waals surface area contributed by atoms with Gasteiger partial charge in [-0.05, 0) is 32.6 Å². The first-order valence-corrected chi connectivity index (χ1v) is 13.7. The van der Waals surface area contributed by atoms with E-state index >= 15 is 0 Å². The molecule has 5 atom stereocenters. The zero-order chi connectivity index (χ0) is 24.6. The van der Waals surface area contributed by atoms with Gasteiger partial charge in [-0.25, -0.2) is 0 Å². The summed E-state index contributed by atoms with van der Waals surface area (Å²) < 4.78 is 12.6. The van der Waals surface area contributed by atoms with Gasteiger partial charge in [0, 0.05) is 12.8 Å². The maximum absolute atomic E-state index is 10.7. The van der Waals surface area contributed by atoms with E-state index in [1.54, 1.807) is 0 Å². The number of hydrogen-bond donors (Lipinski definition) is 4. The molecular weight excluding hydrogens is 420 g/mol. The van der Waals surface area contributed by atoms with Crippen molar-refractivity contribution in [3.63, 3.8) is 0 Å². The smallest absolute Gasteiger partial charge is 0.101 e. The van der Waals surface area contributed by atoms with E-state index in [9.17, 15) is 20.4 Å². The fourth-order valence-electron chi connectivity index (χ4n) is 5.05. The number of aliphatic hydroxyl groups excluding tert-OH is 4. The third-order valence-electron chi connectivity index (χ3n) is 7.24. The molecule has 1 aliphatic rings. The highest BCUT2D eigenvalue weighted by molar-refractivity contribution is 4.85. The summed E-state index contributed by atoms with van der Waals surface area (Å²) in [6.07, 6.45) is 13.5. The molecule has 33 heavy (non-hydrogen) atoms. The number of ether oxygens (including phenoxy) is 2. The van der Waals surface area contributed by atoms with Crippen molar-refractivity contribution in [3.05, 3.63) is 0 Å².